The summed E-state index contributed by atoms with van der Waals surface area (Å²) in [5.74, 6) is 0.0528. The average molecular weight is 224 g/mol. The van der Waals surface area contributed by atoms with Crippen molar-refractivity contribution in [1.29, 1.82) is 0 Å². The van der Waals surface area contributed by atoms with Crippen LogP contribution < -0.4 is 0 Å². The van der Waals surface area contributed by atoms with Gasteiger partial charge >= 0.3 is 5.97 Å². The Morgan fingerprint density at radius 3 is 2.81 bits per heavy atom. The maximum Gasteiger partial charge on any atom is 0.313 e. The summed E-state index contributed by atoms with van der Waals surface area (Å²) in [4.78, 5) is 23.3. The molecule has 0 N–H and O–H groups in total. The zero-order valence-electron chi connectivity index (χ0n) is 10.3. The molecule has 1 aliphatic carbocycles. The molecular formula is C13H20O3. The molecule has 1 rings (SSSR count). The summed E-state index contributed by atoms with van der Waals surface area (Å²) >= 11 is 0. The topological polar surface area (TPSA) is 43.4 Å². The highest BCUT2D eigenvalue weighted by Gasteiger charge is 2.34. The van der Waals surface area contributed by atoms with Gasteiger partial charge in [0.15, 0.2) is 5.78 Å². The third kappa shape index (κ3) is 3.19. The molecule has 0 aromatic heterocycles. The van der Waals surface area contributed by atoms with Crippen LogP contribution in [0.4, 0.5) is 0 Å². The molecular weight excluding hydrogens is 204 g/mol. The summed E-state index contributed by atoms with van der Waals surface area (Å²) in [5.41, 5.74) is 0.673. The van der Waals surface area contributed by atoms with Gasteiger partial charge in [-0.3, -0.25) is 9.59 Å². The van der Waals surface area contributed by atoms with Gasteiger partial charge in [0.25, 0.3) is 0 Å². The lowest BCUT2D eigenvalue weighted by atomic mass is 9.99. The van der Waals surface area contributed by atoms with E-state index in [9.17, 15) is 9.59 Å². The number of carbonyl (C=O) groups is 2. The van der Waals surface area contributed by atoms with E-state index in [2.05, 4.69) is 13.8 Å². The van der Waals surface area contributed by atoms with E-state index in [0.29, 0.717) is 30.9 Å². The molecule has 1 fully saturated rings. The molecule has 3 heteroatoms. The van der Waals surface area contributed by atoms with Crippen molar-refractivity contribution in [1.82, 2.24) is 0 Å². The van der Waals surface area contributed by atoms with Gasteiger partial charge in [-0.15, -0.1) is 0 Å². The first-order valence-electron chi connectivity index (χ1n) is 5.96. The van der Waals surface area contributed by atoms with Crippen LogP contribution in [-0.2, 0) is 14.3 Å². The molecule has 3 nitrogen and oxygen atoms in total. The highest BCUT2D eigenvalue weighted by atomic mass is 16.5. The van der Waals surface area contributed by atoms with Crippen molar-refractivity contribution >= 4 is 11.8 Å². The molecule has 0 heterocycles. The fourth-order valence-corrected chi connectivity index (χ4v) is 1.88. The predicted molar refractivity (Wildman–Crippen MR) is 61.9 cm³/mol. The molecule has 0 aromatic carbocycles. The molecule has 16 heavy (non-hydrogen) atoms. The maximum absolute atomic E-state index is 11.6. The molecule has 1 atom stereocenters. The fraction of sp³-hybridized carbons (Fsp3) is 0.692. The lowest BCUT2D eigenvalue weighted by molar-refractivity contribution is -0.146. The van der Waals surface area contributed by atoms with E-state index in [4.69, 9.17) is 4.74 Å². The van der Waals surface area contributed by atoms with Crippen LogP contribution in [0.2, 0.25) is 0 Å². The van der Waals surface area contributed by atoms with E-state index in [1.165, 1.54) is 0 Å². The van der Waals surface area contributed by atoms with Crippen LogP contribution >= 0.6 is 0 Å². The summed E-state index contributed by atoms with van der Waals surface area (Å²) in [6, 6.07) is 0. The number of hydrogen-bond acceptors (Lipinski definition) is 3. The Morgan fingerprint density at radius 2 is 2.25 bits per heavy atom. The van der Waals surface area contributed by atoms with E-state index >= 15 is 0 Å². The van der Waals surface area contributed by atoms with Crippen molar-refractivity contribution in [3.8, 4) is 0 Å². The molecule has 0 amide bonds. The Kier molecular flexibility index (Phi) is 4.71. The number of rotatable bonds is 4. The number of carbonyl (C=O) groups excluding carboxylic acids is 2. The number of allylic oxidation sites excluding steroid dienone is 1. The van der Waals surface area contributed by atoms with Gasteiger partial charge in [-0.05, 0) is 25.7 Å². The third-order valence-corrected chi connectivity index (χ3v) is 2.74. The molecule has 0 aromatic rings. The molecule has 1 saturated carbocycles. The first kappa shape index (κ1) is 12.9. The van der Waals surface area contributed by atoms with E-state index in [-0.39, 0.29) is 17.7 Å². The molecule has 0 spiro atoms. The fourth-order valence-electron chi connectivity index (χ4n) is 1.88. The van der Waals surface area contributed by atoms with Gasteiger partial charge < -0.3 is 4.74 Å². The number of ketones is 1. The van der Waals surface area contributed by atoms with Gasteiger partial charge in [-0.25, -0.2) is 0 Å². The van der Waals surface area contributed by atoms with Gasteiger partial charge in [0, 0.05) is 12.0 Å². The molecule has 0 saturated heterocycles. The van der Waals surface area contributed by atoms with Crippen molar-refractivity contribution in [2.75, 3.05) is 6.61 Å². The Labute approximate surface area is 96.9 Å². The van der Waals surface area contributed by atoms with E-state index in [1.807, 2.05) is 6.08 Å². The van der Waals surface area contributed by atoms with E-state index in [0.717, 1.165) is 6.42 Å². The Morgan fingerprint density at radius 1 is 1.56 bits per heavy atom. The van der Waals surface area contributed by atoms with Crippen LogP contribution in [0.5, 0.6) is 0 Å². The van der Waals surface area contributed by atoms with Crippen LogP contribution in [0.15, 0.2) is 11.6 Å². The minimum absolute atomic E-state index is 0.110. The van der Waals surface area contributed by atoms with Crippen molar-refractivity contribution in [2.24, 2.45) is 11.8 Å². The number of ether oxygens (including phenoxy) is 1. The van der Waals surface area contributed by atoms with Crippen LogP contribution in [0, 0.1) is 11.8 Å². The average Bonchev–Trinajstić information content (AvgIpc) is 2.57. The standard InChI is InChI=1S/C13H20O3/c1-4-16-13(15)11-7-8-12(14)10(11)6-5-9(2)3/h6,9,11H,4-5,7-8H2,1-3H3/b10-6-. The zero-order valence-corrected chi connectivity index (χ0v) is 10.3. The second-order valence-corrected chi connectivity index (χ2v) is 4.56. The number of Topliss-reactive ketones (excluding diaryl/α,β-unsaturated/α-hetero) is 1. The summed E-state index contributed by atoms with van der Waals surface area (Å²) in [6.45, 7) is 6.35. The Bertz CT molecular complexity index is 302. The largest absolute Gasteiger partial charge is 0.466 e. The highest BCUT2D eigenvalue weighted by Crippen LogP contribution is 2.30. The monoisotopic (exact) mass is 224 g/mol. The van der Waals surface area contributed by atoms with Crippen molar-refractivity contribution in [3.63, 3.8) is 0 Å². The molecule has 1 unspecified atom stereocenters. The lowest BCUT2D eigenvalue weighted by Crippen LogP contribution is -2.17. The van der Waals surface area contributed by atoms with Crippen molar-refractivity contribution in [3.05, 3.63) is 11.6 Å². The van der Waals surface area contributed by atoms with E-state index < -0.39 is 0 Å². The zero-order chi connectivity index (χ0) is 12.1. The smallest absolute Gasteiger partial charge is 0.313 e. The van der Waals surface area contributed by atoms with Crippen LogP contribution in [0.25, 0.3) is 0 Å². The summed E-state index contributed by atoms with van der Waals surface area (Å²) in [6.07, 6.45) is 3.85. The van der Waals surface area contributed by atoms with Crippen LogP contribution in [0.1, 0.15) is 40.0 Å². The first-order valence-corrected chi connectivity index (χ1v) is 5.96. The lowest BCUT2D eigenvalue weighted by Gasteiger charge is -2.10. The second-order valence-electron chi connectivity index (χ2n) is 4.56. The quantitative estimate of drug-likeness (QED) is 0.544. The highest BCUT2D eigenvalue weighted by molar-refractivity contribution is 6.03. The van der Waals surface area contributed by atoms with Crippen molar-refractivity contribution in [2.45, 2.75) is 40.0 Å². The number of esters is 1. The van der Waals surface area contributed by atoms with E-state index in [1.54, 1.807) is 6.92 Å². The summed E-state index contributed by atoms with van der Waals surface area (Å²) in [5, 5.41) is 0. The van der Waals surface area contributed by atoms with Crippen molar-refractivity contribution < 1.29 is 14.3 Å². The third-order valence-electron chi connectivity index (χ3n) is 2.74. The summed E-state index contributed by atoms with van der Waals surface area (Å²) in [7, 11) is 0. The predicted octanol–water partition coefficient (Wildman–Crippen LogP) is 2.50. The van der Waals surface area contributed by atoms with Crippen LogP contribution in [0.3, 0.4) is 0 Å². The molecule has 0 radical (unpaired) electrons. The molecule has 0 bridgehead atoms. The number of hydrogen-bond donors (Lipinski definition) is 0. The van der Waals surface area contributed by atoms with Gasteiger partial charge in [0.05, 0.1) is 12.5 Å². The first-order chi connectivity index (χ1) is 7.56. The minimum atomic E-state index is -0.314. The summed E-state index contributed by atoms with van der Waals surface area (Å²) < 4.78 is 4.98. The normalized spacial score (nSPS) is 23.1. The van der Waals surface area contributed by atoms with Gasteiger partial charge in [-0.2, -0.15) is 0 Å². The molecule has 0 aliphatic heterocycles. The van der Waals surface area contributed by atoms with Gasteiger partial charge in [0.1, 0.15) is 0 Å². The minimum Gasteiger partial charge on any atom is -0.466 e. The Hall–Kier alpha value is -1.12. The molecule has 90 valence electrons. The van der Waals surface area contributed by atoms with Gasteiger partial charge in [0.2, 0.25) is 0 Å². The maximum atomic E-state index is 11.6. The SMILES string of the molecule is CCOC(=O)C1CCC(=O)/C1=C\CC(C)C. The Balaban J connectivity index is 2.73. The second kappa shape index (κ2) is 5.83. The van der Waals surface area contributed by atoms with Gasteiger partial charge in [-0.1, -0.05) is 19.9 Å². The van der Waals surface area contributed by atoms with Crippen LogP contribution in [-0.4, -0.2) is 18.4 Å². The molecule has 1 aliphatic rings.